The van der Waals surface area contributed by atoms with E-state index in [1.807, 2.05) is 0 Å². The average molecular weight is 255 g/mol. The van der Waals surface area contributed by atoms with Gasteiger partial charge in [0.25, 0.3) is 0 Å². The standard InChI is InChI=1S/C14H25NO3/c1-11(14(17)18)10-15(2)13(16)12-8-6-4-3-5-7-9-12/h11-12H,3-10H2,1-2H3,(H,17,18). The Morgan fingerprint density at radius 3 is 2.17 bits per heavy atom. The zero-order valence-electron chi connectivity index (χ0n) is 11.5. The van der Waals surface area contributed by atoms with Crippen molar-refractivity contribution in [1.82, 2.24) is 4.90 Å². The zero-order valence-corrected chi connectivity index (χ0v) is 11.5. The summed E-state index contributed by atoms with van der Waals surface area (Å²) in [4.78, 5) is 24.7. The molecule has 4 heteroatoms. The molecule has 0 aromatic carbocycles. The summed E-state index contributed by atoms with van der Waals surface area (Å²) in [5.41, 5.74) is 0. The molecule has 4 nitrogen and oxygen atoms in total. The quantitative estimate of drug-likeness (QED) is 0.839. The van der Waals surface area contributed by atoms with Gasteiger partial charge in [0, 0.05) is 19.5 Å². The molecule has 1 aliphatic rings. The van der Waals surface area contributed by atoms with E-state index in [1.54, 1.807) is 18.9 Å². The second-order valence-electron chi connectivity index (χ2n) is 5.50. The number of nitrogens with zero attached hydrogens (tertiary/aromatic N) is 1. The number of hydrogen-bond donors (Lipinski definition) is 1. The minimum absolute atomic E-state index is 0.108. The lowest BCUT2D eigenvalue weighted by Gasteiger charge is -2.26. The SMILES string of the molecule is CC(CN(C)C(=O)C1CCCCCCC1)C(=O)O. The van der Waals surface area contributed by atoms with Crippen molar-refractivity contribution >= 4 is 11.9 Å². The largest absolute Gasteiger partial charge is 0.481 e. The number of carboxylic acids is 1. The van der Waals surface area contributed by atoms with Crippen molar-refractivity contribution in [3.05, 3.63) is 0 Å². The average Bonchev–Trinajstić information content (AvgIpc) is 2.27. The Labute approximate surface area is 109 Å². The fourth-order valence-corrected chi connectivity index (χ4v) is 2.59. The van der Waals surface area contributed by atoms with Gasteiger partial charge in [-0.3, -0.25) is 9.59 Å². The molecule has 1 unspecified atom stereocenters. The molecule has 0 bridgehead atoms. The summed E-state index contributed by atoms with van der Waals surface area (Å²) < 4.78 is 0. The second kappa shape index (κ2) is 7.39. The molecule has 0 saturated heterocycles. The van der Waals surface area contributed by atoms with Crippen molar-refractivity contribution < 1.29 is 14.7 Å². The number of aliphatic carboxylic acids is 1. The molecule has 1 saturated carbocycles. The summed E-state index contributed by atoms with van der Waals surface area (Å²) in [7, 11) is 1.72. The molecule has 1 amide bonds. The highest BCUT2D eigenvalue weighted by atomic mass is 16.4. The molecule has 18 heavy (non-hydrogen) atoms. The molecule has 0 heterocycles. The van der Waals surface area contributed by atoms with Crippen LogP contribution >= 0.6 is 0 Å². The van der Waals surface area contributed by atoms with Crippen LogP contribution in [-0.4, -0.2) is 35.5 Å². The molecule has 1 rings (SSSR count). The van der Waals surface area contributed by atoms with E-state index in [-0.39, 0.29) is 11.8 Å². The summed E-state index contributed by atoms with van der Waals surface area (Å²) in [5, 5.41) is 8.87. The number of carbonyl (C=O) groups is 2. The first kappa shape index (κ1) is 15.0. The van der Waals surface area contributed by atoms with Crippen LogP contribution in [0.15, 0.2) is 0 Å². The molecule has 1 fully saturated rings. The van der Waals surface area contributed by atoms with Crippen LogP contribution < -0.4 is 0 Å². The molecule has 1 N–H and O–H groups in total. The third-order valence-corrected chi connectivity index (χ3v) is 3.80. The fraction of sp³-hybridized carbons (Fsp3) is 0.857. The van der Waals surface area contributed by atoms with Crippen LogP contribution in [0.25, 0.3) is 0 Å². The number of hydrogen-bond acceptors (Lipinski definition) is 2. The maximum atomic E-state index is 12.3. The van der Waals surface area contributed by atoms with Gasteiger partial charge in [-0.2, -0.15) is 0 Å². The van der Waals surface area contributed by atoms with Crippen LogP contribution in [0, 0.1) is 11.8 Å². The highest BCUT2D eigenvalue weighted by Crippen LogP contribution is 2.23. The minimum atomic E-state index is -0.840. The summed E-state index contributed by atoms with van der Waals surface area (Å²) in [6.45, 7) is 1.95. The van der Waals surface area contributed by atoms with E-state index in [2.05, 4.69) is 0 Å². The molecular formula is C14H25NO3. The van der Waals surface area contributed by atoms with Gasteiger partial charge >= 0.3 is 5.97 Å². The molecule has 1 atom stereocenters. The summed E-state index contributed by atoms with van der Waals surface area (Å²) in [6, 6.07) is 0. The lowest BCUT2D eigenvalue weighted by Crippen LogP contribution is -2.37. The fourth-order valence-electron chi connectivity index (χ4n) is 2.59. The van der Waals surface area contributed by atoms with Gasteiger partial charge in [-0.15, -0.1) is 0 Å². The summed E-state index contributed by atoms with van der Waals surface area (Å²) in [5.74, 6) is -1.10. The number of rotatable bonds is 4. The lowest BCUT2D eigenvalue weighted by molar-refractivity contribution is -0.143. The minimum Gasteiger partial charge on any atom is -0.481 e. The lowest BCUT2D eigenvalue weighted by atomic mass is 9.90. The molecule has 0 aromatic rings. The van der Waals surface area contributed by atoms with Gasteiger partial charge in [0.05, 0.1) is 5.92 Å². The highest BCUT2D eigenvalue weighted by Gasteiger charge is 2.24. The van der Waals surface area contributed by atoms with E-state index < -0.39 is 11.9 Å². The van der Waals surface area contributed by atoms with Crippen molar-refractivity contribution in [3.8, 4) is 0 Å². The predicted octanol–water partition coefficient (Wildman–Crippen LogP) is 2.53. The van der Waals surface area contributed by atoms with Crippen LogP contribution in [0.2, 0.25) is 0 Å². The number of carboxylic acid groups (broad SMARTS) is 1. The van der Waals surface area contributed by atoms with Crippen LogP contribution in [0.4, 0.5) is 0 Å². The van der Waals surface area contributed by atoms with Crippen LogP contribution in [0.5, 0.6) is 0 Å². The third-order valence-electron chi connectivity index (χ3n) is 3.80. The third kappa shape index (κ3) is 4.67. The Kier molecular flexibility index (Phi) is 6.16. The van der Waals surface area contributed by atoms with E-state index in [1.165, 1.54) is 19.3 Å². The molecule has 0 spiro atoms. The predicted molar refractivity (Wildman–Crippen MR) is 70.2 cm³/mol. The smallest absolute Gasteiger partial charge is 0.308 e. The van der Waals surface area contributed by atoms with Gasteiger partial charge in [0.15, 0.2) is 0 Å². The van der Waals surface area contributed by atoms with E-state index in [0.29, 0.717) is 6.54 Å². The summed E-state index contributed by atoms with van der Waals surface area (Å²) >= 11 is 0. The van der Waals surface area contributed by atoms with E-state index in [9.17, 15) is 9.59 Å². The van der Waals surface area contributed by atoms with Gasteiger partial charge in [-0.05, 0) is 12.8 Å². The monoisotopic (exact) mass is 255 g/mol. The summed E-state index contributed by atoms with van der Waals surface area (Å²) in [6.07, 6.45) is 7.90. The van der Waals surface area contributed by atoms with Gasteiger partial charge in [-0.25, -0.2) is 0 Å². The van der Waals surface area contributed by atoms with E-state index >= 15 is 0 Å². The van der Waals surface area contributed by atoms with Crippen molar-refractivity contribution in [2.24, 2.45) is 11.8 Å². The normalized spacial score (nSPS) is 19.7. The molecule has 1 aliphatic carbocycles. The van der Waals surface area contributed by atoms with Gasteiger partial charge in [-0.1, -0.05) is 39.0 Å². The van der Waals surface area contributed by atoms with Crippen LogP contribution in [-0.2, 0) is 9.59 Å². The van der Waals surface area contributed by atoms with E-state index in [4.69, 9.17) is 5.11 Å². The Morgan fingerprint density at radius 2 is 1.67 bits per heavy atom. The molecular weight excluding hydrogens is 230 g/mol. The van der Waals surface area contributed by atoms with Gasteiger partial charge in [0.2, 0.25) is 5.91 Å². The topological polar surface area (TPSA) is 57.6 Å². The Balaban J connectivity index is 2.47. The van der Waals surface area contributed by atoms with Crippen molar-refractivity contribution in [3.63, 3.8) is 0 Å². The molecule has 104 valence electrons. The Bertz CT molecular complexity index is 283. The van der Waals surface area contributed by atoms with Crippen molar-refractivity contribution in [1.29, 1.82) is 0 Å². The second-order valence-corrected chi connectivity index (χ2v) is 5.50. The Morgan fingerprint density at radius 1 is 1.17 bits per heavy atom. The van der Waals surface area contributed by atoms with E-state index in [0.717, 1.165) is 25.7 Å². The maximum Gasteiger partial charge on any atom is 0.308 e. The van der Waals surface area contributed by atoms with Crippen LogP contribution in [0.3, 0.4) is 0 Å². The number of carbonyl (C=O) groups excluding carboxylic acids is 1. The zero-order chi connectivity index (χ0) is 13.5. The first-order valence-corrected chi connectivity index (χ1v) is 7.00. The van der Waals surface area contributed by atoms with Gasteiger partial charge in [0.1, 0.15) is 0 Å². The Hall–Kier alpha value is -1.06. The number of amides is 1. The molecule has 0 aromatic heterocycles. The highest BCUT2D eigenvalue weighted by molar-refractivity contribution is 5.79. The molecule has 0 radical (unpaired) electrons. The van der Waals surface area contributed by atoms with Crippen molar-refractivity contribution in [2.45, 2.75) is 51.9 Å². The first-order valence-electron chi connectivity index (χ1n) is 7.00. The van der Waals surface area contributed by atoms with Crippen molar-refractivity contribution in [2.75, 3.05) is 13.6 Å². The molecule has 0 aliphatic heterocycles. The first-order chi connectivity index (χ1) is 8.52. The maximum absolute atomic E-state index is 12.3. The van der Waals surface area contributed by atoms with Crippen LogP contribution in [0.1, 0.15) is 51.9 Å². The van der Waals surface area contributed by atoms with Gasteiger partial charge < -0.3 is 10.0 Å².